The number of carbonyl (C=O) groups is 1. The summed E-state index contributed by atoms with van der Waals surface area (Å²) in [6.45, 7) is 5.66. The fourth-order valence-electron chi connectivity index (χ4n) is 4.23. The summed E-state index contributed by atoms with van der Waals surface area (Å²) in [6.07, 6.45) is 3.69. The van der Waals surface area contributed by atoms with Crippen LogP contribution in [0.15, 0.2) is 29.2 Å². The van der Waals surface area contributed by atoms with Gasteiger partial charge in [-0.1, -0.05) is 20.3 Å². The monoisotopic (exact) mass is 456 g/mol. The summed E-state index contributed by atoms with van der Waals surface area (Å²) in [6, 6.07) is 6.11. The van der Waals surface area contributed by atoms with Gasteiger partial charge in [0.1, 0.15) is 0 Å². The van der Waals surface area contributed by atoms with Gasteiger partial charge in [-0.15, -0.1) is 0 Å². The van der Waals surface area contributed by atoms with Crippen LogP contribution in [0.5, 0.6) is 0 Å². The van der Waals surface area contributed by atoms with Crippen molar-refractivity contribution in [1.82, 2.24) is 9.21 Å². The molecule has 2 aliphatic rings. The largest absolute Gasteiger partial charge is 0.339 e. The van der Waals surface area contributed by atoms with Crippen molar-refractivity contribution >= 4 is 25.8 Å². The highest BCUT2D eigenvalue weighted by molar-refractivity contribution is 7.92. The molecule has 0 radical (unpaired) electrons. The number of hydrogen-bond donors (Lipinski definition) is 0. The number of benzene rings is 1. The number of rotatable bonds is 6. The van der Waals surface area contributed by atoms with Crippen molar-refractivity contribution in [3.8, 4) is 0 Å². The van der Waals surface area contributed by atoms with E-state index in [1.807, 2.05) is 13.8 Å². The zero-order chi connectivity index (χ0) is 21.9. The van der Waals surface area contributed by atoms with Crippen LogP contribution in [0.3, 0.4) is 0 Å². The van der Waals surface area contributed by atoms with Gasteiger partial charge in [-0.2, -0.15) is 4.31 Å². The van der Waals surface area contributed by atoms with Gasteiger partial charge in [0.15, 0.2) is 9.84 Å². The smallest absolute Gasteiger partial charge is 0.253 e. The molecule has 0 N–H and O–H groups in total. The van der Waals surface area contributed by atoms with E-state index in [2.05, 4.69) is 0 Å². The van der Waals surface area contributed by atoms with Crippen molar-refractivity contribution in [2.45, 2.75) is 56.1 Å². The van der Waals surface area contributed by atoms with Crippen LogP contribution in [0, 0.1) is 5.92 Å². The van der Waals surface area contributed by atoms with E-state index in [1.165, 1.54) is 16.4 Å². The lowest BCUT2D eigenvalue weighted by molar-refractivity contribution is 0.0725. The Labute approximate surface area is 180 Å². The maximum atomic E-state index is 12.8. The van der Waals surface area contributed by atoms with Gasteiger partial charge in [0.05, 0.1) is 15.9 Å². The molecule has 0 atom stereocenters. The molecule has 1 aromatic rings. The molecule has 2 aliphatic heterocycles. The minimum atomic E-state index is -3.52. The van der Waals surface area contributed by atoms with Crippen LogP contribution >= 0.6 is 0 Å². The van der Waals surface area contributed by atoms with Crippen molar-refractivity contribution in [1.29, 1.82) is 0 Å². The molecule has 0 aromatic heterocycles. The summed E-state index contributed by atoms with van der Waals surface area (Å²) in [5.41, 5.74) is 0.427. The Morgan fingerprint density at radius 2 is 1.50 bits per heavy atom. The highest BCUT2D eigenvalue weighted by atomic mass is 32.2. The molecule has 3 rings (SSSR count). The molecule has 0 aliphatic carbocycles. The standard InChI is InChI=1S/C21H32N2O5S2/c1-17(2)16-29(25,26)19-10-14-22(15-11-19)21(24)18-6-8-20(9-7-18)30(27,28)23-12-4-3-5-13-23/h6-9,17,19H,3-5,10-16H2,1-2H3. The average molecular weight is 457 g/mol. The lowest BCUT2D eigenvalue weighted by Crippen LogP contribution is -2.43. The van der Waals surface area contributed by atoms with Crippen LogP contribution in [0.4, 0.5) is 0 Å². The second kappa shape index (κ2) is 9.36. The number of hydrogen-bond acceptors (Lipinski definition) is 5. The summed E-state index contributed by atoms with van der Waals surface area (Å²) in [5, 5.41) is -0.388. The average Bonchev–Trinajstić information content (AvgIpc) is 2.73. The zero-order valence-electron chi connectivity index (χ0n) is 17.8. The zero-order valence-corrected chi connectivity index (χ0v) is 19.4. The maximum absolute atomic E-state index is 12.8. The molecule has 168 valence electrons. The second-order valence-electron chi connectivity index (χ2n) is 8.70. The summed E-state index contributed by atoms with van der Waals surface area (Å²) in [7, 11) is -6.66. The minimum absolute atomic E-state index is 0.0920. The predicted molar refractivity (Wildman–Crippen MR) is 117 cm³/mol. The van der Waals surface area contributed by atoms with Gasteiger partial charge >= 0.3 is 0 Å². The Bertz CT molecular complexity index is 942. The molecule has 9 heteroatoms. The Morgan fingerprint density at radius 1 is 0.933 bits per heavy atom. The summed E-state index contributed by atoms with van der Waals surface area (Å²) >= 11 is 0. The van der Waals surface area contributed by atoms with E-state index >= 15 is 0 Å². The third kappa shape index (κ3) is 5.23. The van der Waals surface area contributed by atoms with E-state index in [-0.39, 0.29) is 27.7 Å². The molecule has 2 fully saturated rings. The minimum Gasteiger partial charge on any atom is -0.339 e. The van der Waals surface area contributed by atoms with Gasteiger partial charge in [0.25, 0.3) is 5.91 Å². The number of piperidine rings is 2. The van der Waals surface area contributed by atoms with Gasteiger partial charge in [-0.3, -0.25) is 4.79 Å². The van der Waals surface area contributed by atoms with Crippen molar-refractivity contribution in [2.75, 3.05) is 31.9 Å². The lowest BCUT2D eigenvalue weighted by atomic mass is 10.1. The Kier molecular flexibility index (Phi) is 7.24. The number of sulfone groups is 1. The molecule has 1 aromatic carbocycles. The van der Waals surface area contributed by atoms with Crippen LogP contribution in [0.2, 0.25) is 0 Å². The SMILES string of the molecule is CC(C)CS(=O)(=O)C1CCN(C(=O)c2ccc(S(=O)(=O)N3CCCCC3)cc2)CC1. The Balaban J connectivity index is 1.63. The molecular weight excluding hydrogens is 424 g/mol. The molecule has 2 saturated heterocycles. The molecule has 0 spiro atoms. The van der Waals surface area contributed by atoms with Crippen LogP contribution in [0.1, 0.15) is 56.3 Å². The predicted octanol–water partition coefficient (Wildman–Crippen LogP) is 2.54. The highest BCUT2D eigenvalue weighted by Crippen LogP contribution is 2.24. The van der Waals surface area contributed by atoms with Crippen molar-refractivity contribution in [3.05, 3.63) is 29.8 Å². The van der Waals surface area contributed by atoms with Crippen molar-refractivity contribution in [2.24, 2.45) is 5.92 Å². The number of carbonyl (C=O) groups excluding carboxylic acids is 1. The topological polar surface area (TPSA) is 91.8 Å². The van der Waals surface area contributed by atoms with E-state index in [0.717, 1.165) is 19.3 Å². The van der Waals surface area contributed by atoms with Gasteiger partial charge in [0.2, 0.25) is 10.0 Å². The number of likely N-dealkylation sites (tertiary alicyclic amines) is 1. The van der Waals surface area contributed by atoms with Crippen LogP contribution in [-0.2, 0) is 19.9 Å². The first-order valence-electron chi connectivity index (χ1n) is 10.7. The molecule has 0 unspecified atom stereocenters. The van der Waals surface area contributed by atoms with E-state index < -0.39 is 19.9 Å². The summed E-state index contributed by atoms with van der Waals surface area (Å²) < 4.78 is 51.9. The van der Waals surface area contributed by atoms with Crippen LogP contribution < -0.4 is 0 Å². The quantitative estimate of drug-likeness (QED) is 0.656. The molecular formula is C21H32N2O5S2. The van der Waals surface area contributed by atoms with Gasteiger partial charge in [-0.25, -0.2) is 16.8 Å². The third-order valence-corrected chi connectivity index (χ3v) is 10.4. The normalized spacial score (nSPS) is 19.9. The fourth-order valence-corrected chi connectivity index (χ4v) is 7.87. The second-order valence-corrected chi connectivity index (χ2v) is 13.0. The van der Waals surface area contributed by atoms with E-state index in [4.69, 9.17) is 0 Å². The molecule has 0 saturated carbocycles. The molecule has 1 amide bonds. The Morgan fingerprint density at radius 3 is 2.03 bits per heavy atom. The first kappa shape index (κ1) is 23.2. The first-order valence-corrected chi connectivity index (χ1v) is 13.9. The van der Waals surface area contributed by atoms with Crippen LogP contribution in [-0.4, -0.2) is 69.1 Å². The maximum Gasteiger partial charge on any atom is 0.253 e. The fraction of sp³-hybridized carbons (Fsp3) is 0.667. The number of nitrogens with zero attached hydrogens (tertiary/aromatic N) is 2. The molecule has 7 nitrogen and oxygen atoms in total. The van der Waals surface area contributed by atoms with Gasteiger partial charge < -0.3 is 4.90 Å². The molecule has 0 bridgehead atoms. The van der Waals surface area contributed by atoms with E-state index in [0.29, 0.717) is 44.6 Å². The molecule has 30 heavy (non-hydrogen) atoms. The first-order chi connectivity index (χ1) is 14.1. The van der Waals surface area contributed by atoms with Gasteiger partial charge in [0, 0.05) is 31.7 Å². The van der Waals surface area contributed by atoms with E-state index in [1.54, 1.807) is 17.0 Å². The number of sulfonamides is 1. The van der Waals surface area contributed by atoms with Crippen molar-refractivity contribution < 1.29 is 21.6 Å². The van der Waals surface area contributed by atoms with Crippen molar-refractivity contribution in [3.63, 3.8) is 0 Å². The Hall–Kier alpha value is -1.45. The van der Waals surface area contributed by atoms with Gasteiger partial charge in [-0.05, 0) is 55.9 Å². The summed E-state index contributed by atoms with van der Waals surface area (Å²) in [5.74, 6) is 0.0875. The molecule has 2 heterocycles. The highest BCUT2D eigenvalue weighted by Gasteiger charge is 2.32. The summed E-state index contributed by atoms with van der Waals surface area (Å²) in [4.78, 5) is 14.7. The number of amides is 1. The van der Waals surface area contributed by atoms with E-state index in [9.17, 15) is 21.6 Å². The third-order valence-electron chi connectivity index (χ3n) is 5.86. The van der Waals surface area contributed by atoms with Crippen LogP contribution in [0.25, 0.3) is 0 Å². The lowest BCUT2D eigenvalue weighted by Gasteiger charge is -2.32.